The van der Waals surface area contributed by atoms with E-state index in [0.29, 0.717) is 37.6 Å². The molecule has 1 fully saturated rings. The molecule has 1 unspecified atom stereocenters. The van der Waals surface area contributed by atoms with Crippen molar-refractivity contribution in [1.29, 1.82) is 0 Å². The van der Waals surface area contributed by atoms with Crippen molar-refractivity contribution in [3.8, 4) is 0 Å². The number of nitrogens with zero attached hydrogens (tertiary/aromatic N) is 3. The van der Waals surface area contributed by atoms with E-state index >= 15 is 0 Å². The van der Waals surface area contributed by atoms with Crippen molar-refractivity contribution in [3.05, 3.63) is 27.9 Å². The highest BCUT2D eigenvalue weighted by Crippen LogP contribution is 2.31. The Labute approximate surface area is 128 Å². The second kappa shape index (κ2) is 7.17. The maximum Gasteiger partial charge on any atom is 0.314 e. The lowest BCUT2D eigenvalue weighted by atomic mass is 9.97. The van der Waals surface area contributed by atoms with Crippen molar-refractivity contribution in [2.75, 3.05) is 31.1 Å². The average molecular weight is 307 g/mol. The number of carbonyl (C=O) groups is 1. The maximum atomic E-state index is 12.1. The van der Waals surface area contributed by atoms with E-state index in [4.69, 9.17) is 5.73 Å². The third-order valence-corrected chi connectivity index (χ3v) is 3.82. The summed E-state index contributed by atoms with van der Waals surface area (Å²) in [6.07, 6.45) is 3.13. The summed E-state index contributed by atoms with van der Waals surface area (Å²) in [7, 11) is 0. The van der Waals surface area contributed by atoms with Gasteiger partial charge in [-0.1, -0.05) is 0 Å². The number of nitrogens with two attached hydrogens (primary N) is 1. The number of amides is 1. The maximum absolute atomic E-state index is 12.1. The summed E-state index contributed by atoms with van der Waals surface area (Å²) in [5, 5.41) is 14.1. The second-order valence-electron chi connectivity index (χ2n) is 5.42. The lowest BCUT2D eigenvalue weighted by molar-refractivity contribution is -0.384. The molecule has 22 heavy (non-hydrogen) atoms. The zero-order chi connectivity index (χ0) is 16.1. The van der Waals surface area contributed by atoms with E-state index in [1.807, 2.05) is 4.90 Å². The summed E-state index contributed by atoms with van der Waals surface area (Å²) in [5.41, 5.74) is 5.98. The minimum absolute atomic E-state index is 0.0190. The third-order valence-electron chi connectivity index (χ3n) is 3.82. The molecule has 1 aromatic heterocycles. The third kappa shape index (κ3) is 3.51. The fraction of sp³-hybridized carbons (Fsp3) is 0.571. The zero-order valence-electron chi connectivity index (χ0n) is 12.6. The quantitative estimate of drug-likeness (QED) is 0.608. The minimum atomic E-state index is -0.407. The van der Waals surface area contributed by atoms with Crippen LogP contribution in [0.5, 0.6) is 0 Å². The largest absolute Gasteiger partial charge is 0.355 e. The molecule has 8 nitrogen and oxygen atoms in total. The first kappa shape index (κ1) is 16.2. The number of pyridine rings is 1. The Bertz CT molecular complexity index is 563. The van der Waals surface area contributed by atoms with Crippen molar-refractivity contribution >= 4 is 17.4 Å². The van der Waals surface area contributed by atoms with E-state index in [0.717, 1.165) is 12.8 Å². The lowest BCUT2D eigenvalue weighted by Gasteiger charge is -2.32. The predicted molar refractivity (Wildman–Crippen MR) is 82.6 cm³/mol. The molecule has 1 amide bonds. The summed E-state index contributed by atoms with van der Waals surface area (Å²) in [4.78, 5) is 29.0. The fourth-order valence-corrected chi connectivity index (χ4v) is 2.72. The minimum Gasteiger partial charge on any atom is -0.355 e. The van der Waals surface area contributed by atoms with E-state index < -0.39 is 4.92 Å². The number of carbonyl (C=O) groups excluding carboxylic acids is 1. The number of anilines is 1. The number of hydrogen-bond acceptors (Lipinski definition) is 6. The van der Waals surface area contributed by atoms with E-state index in [9.17, 15) is 14.9 Å². The molecule has 1 atom stereocenters. The van der Waals surface area contributed by atoms with Gasteiger partial charge in [-0.15, -0.1) is 0 Å². The summed E-state index contributed by atoms with van der Waals surface area (Å²) in [5.74, 6) is 0.106. The van der Waals surface area contributed by atoms with Gasteiger partial charge in [0.05, 0.1) is 10.8 Å². The fourth-order valence-electron chi connectivity index (χ4n) is 2.72. The van der Waals surface area contributed by atoms with Crippen LogP contribution in [0, 0.1) is 23.0 Å². The van der Waals surface area contributed by atoms with Gasteiger partial charge in [0.2, 0.25) is 11.7 Å². The number of rotatable bonds is 5. The van der Waals surface area contributed by atoms with Gasteiger partial charge in [-0.2, -0.15) is 0 Å². The Balaban J connectivity index is 2.18. The van der Waals surface area contributed by atoms with E-state index in [-0.39, 0.29) is 17.5 Å². The Hall–Kier alpha value is -2.22. The van der Waals surface area contributed by atoms with Crippen molar-refractivity contribution in [3.63, 3.8) is 0 Å². The van der Waals surface area contributed by atoms with E-state index in [1.165, 1.54) is 0 Å². The molecule has 2 rings (SSSR count). The number of aryl methyl sites for hydroxylation is 1. The molecule has 1 aliphatic rings. The normalized spacial score (nSPS) is 18.1. The summed E-state index contributed by atoms with van der Waals surface area (Å²) in [6.45, 7) is 3.63. The Morgan fingerprint density at radius 2 is 2.41 bits per heavy atom. The Morgan fingerprint density at radius 1 is 1.64 bits per heavy atom. The monoisotopic (exact) mass is 307 g/mol. The smallest absolute Gasteiger partial charge is 0.314 e. The molecule has 0 radical (unpaired) electrons. The molecule has 2 heterocycles. The highest BCUT2D eigenvalue weighted by molar-refractivity contribution is 5.79. The van der Waals surface area contributed by atoms with Crippen LogP contribution < -0.4 is 16.0 Å². The second-order valence-corrected chi connectivity index (χ2v) is 5.42. The van der Waals surface area contributed by atoms with Crippen molar-refractivity contribution in [1.82, 2.24) is 10.3 Å². The van der Waals surface area contributed by atoms with Crippen LogP contribution >= 0.6 is 0 Å². The molecule has 1 aliphatic heterocycles. The van der Waals surface area contributed by atoms with Crippen LogP contribution in [-0.4, -0.2) is 42.0 Å². The first-order chi connectivity index (χ1) is 10.5. The highest BCUT2D eigenvalue weighted by atomic mass is 16.6. The average Bonchev–Trinajstić information content (AvgIpc) is 2.52. The molecule has 0 bridgehead atoms. The predicted octanol–water partition coefficient (Wildman–Crippen LogP) is 0.590. The van der Waals surface area contributed by atoms with E-state index in [1.54, 1.807) is 19.2 Å². The standard InChI is InChI=1S/C14H21N5O3/c1-10-4-6-16-13(12(10)19(21)22)18-8-2-3-11(9-18)14(20)17-7-5-15/h4,6,11H,2-3,5,7-9,15H2,1H3,(H,17,20). The molecular weight excluding hydrogens is 286 g/mol. The van der Waals surface area contributed by atoms with Gasteiger partial charge in [0.15, 0.2) is 0 Å². The van der Waals surface area contributed by atoms with Crippen LogP contribution in [0.15, 0.2) is 12.3 Å². The van der Waals surface area contributed by atoms with Crippen molar-refractivity contribution in [2.45, 2.75) is 19.8 Å². The number of nitrogens with one attached hydrogen (secondary N) is 1. The van der Waals surface area contributed by atoms with Crippen molar-refractivity contribution in [2.24, 2.45) is 11.7 Å². The Morgan fingerprint density at radius 3 is 3.09 bits per heavy atom. The van der Waals surface area contributed by atoms with Gasteiger partial charge in [-0.25, -0.2) is 4.98 Å². The first-order valence-corrected chi connectivity index (χ1v) is 7.37. The summed E-state index contributed by atoms with van der Waals surface area (Å²) in [6, 6.07) is 1.62. The highest BCUT2D eigenvalue weighted by Gasteiger charge is 2.30. The molecule has 120 valence electrons. The van der Waals surface area contributed by atoms with Gasteiger partial charge in [0, 0.05) is 37.9 Å². The molecule has 8 heteroatoms. The number of aromatic nitrogens is 1. The van der Waals surface area contributed by atoms with Gasteiger partial charge in [-0.3, -0.25) is 14.9 Å². The van der Waals surface area contributed by atoms with Gasteiger partial charge in [-0.05, 0) is 25.8 Å². The summed E-state index contributed by atoms with van der Waals surface area (Å²) >= 11 is 0. The van der Waals surface area contributed by atoms with Crippen LogP contribution in [0.4, 0.5) is 11.5 Å². The summed E-state index contributed by atoms with van der Waals surface area (Å²) < 4.78 is 0. The van der Waals surface area contributed by atoms with Crippen LogP contribution in [0.2, 0.25) is 0 Å². The topological polar surface area (TPSA) is 114 Å². The molecular formula is C14H21N5O3. The molecule has 0 aromatic carbocycles. The van der Waals surface area contributed by atoms with E-state index in [2.05, 4.69) is 10.3 Å². The van der Waals surface area contributed by atoms with Crippen molar-refractivity contribution < 1.29 is 9.72 Å². The zero-order valence-corrected chi connectivity index (χ0v) is 12.6. The van der Waals surface area contributed by atoms with Crippen LogP contribution in [0.1, 0.15) is 18.4 Å². The lowest BCUT2D eigenvalue weighted by Crippen LogP contribution is -2.44. The molecule has 0 spiro atoms. The first-order valence-electron chi connectivity index (χ1n) is 7.37. The van der Waals surface area contributed by atoms with Crippen LogP contribution in [0.25, 0.3) is 0 Å². The molecule has 0 aliphatic carbocycles. The number of nitro groups is 1. The number of hydrogen-bond donors (Lipinski definition) is 2. The number of piperidine rings is 1. The van der Waals surface area contributed by atoms with Gasteiger partial charge in [0.25, 0.3) is 0 Å². The SMILES string of the molecule is Cc1ccnc(N2CCCC(C(=O)NCCN)C2)c1[N+](=O)[O-]. The van der Waals surface area contributed by atoms with Gasteiger partial charge < -0.3 is 16.0 Å². The molecule has 3 N–H and O–H groups in total. The molecule has 0 saturated carbocycles. The molecule has 1 saturated heterocycles. The van der Waals surface area contributed by atoms with Crippen LogP contribution in [-0.2, 0) is 4.79 Å². The molecule has 1 aromatic rings. The van der Waals surface area contributed by atoms with Crippen LogP contribution in [0.3, 0.4) is 0 Å². The van der Waals surface area contributed by atoms with Gasteiger partial charge >= 0.3 is 5.69 Å². The van der Waals surface area contributed by atoms with Gasteiger partial charge in [0.1, 0.15) is 0 Å². The Kier molecular flexibility index (Phi) is 5.26.